The molecule has 0 saturated carbocycles. The smallest absolute Gasteiger partial charge is 0.0721 e. The zero-order valence-electron chi connectivity index (χ0n) is 10.0. The summed E-state index contributed by atoms with van der Waals surface area (Å²) in [5, 5.41) is 0. The third kappa shape index (κ3) is 2.41. The summed E-state index contributed by atoms with van der Waals surface area (Å²) in [6, 6.07) is 16.8. The van der Waals surface area contributed by atoms with Crippen LogP contribution in [0.4, 0.5) is 0 Å². The highest BCUT2D eigenvalue weighted by atomic mass is 35.5. The molecule has 2 N–H and O–H groups in total. The molecule has 0 fully saturated rings. The maximum atomic E-state index is 6.07. The first-order valence-corrected chi connectivity index (χ1v) is 5.86. The second-order valence-electron chi connectivity index (χ2n) is 4.40. The van der Waals surface area contributed by atoms with Crippen molar-refractivity contribution in [3.05, 3.63) is 59.7 Å². The van der Waals surface area contributed by atoms with Crippen LogP contribution in [0.25, 0.3) is 11.1 Å². The molecule has 3 rings (SSSR count). The topological polar surface area (TPSA) is 35.2 Å². The molecule has 94 valence electrons. The fraction of sp³-hybridized carbons (Fsp3) is 0.200. The van der Waals surface area contributed by atoms with Crippen molar-refractivity contribution in [2.24, 2.45) is 5.73 Å². The van der Waals surface area contributed by atoms with E-state index in [0.717, 1.165) is 0 Å². The Hall–Kier alpha value is -1.35. The van der Waals surface area contributed by atoms with Gasteiger partial charge in [0.15, 0.2) is 0 Å². The summed E-state index contributed by atoms with van der Waals surface area (Å²) in [7, 11) is 0. The summed E-state index contributed by atoms with van der Waals surface area (Å²) in [6.45, 7) is 1.29. The zero-order chi connectivity index (χ0) is 11.7. The molecule has 0 amide bonds. The van der Waals surface area contributed by atoms with E-state index >= 15 is 0 Å². The number of benzene rings is 2. The first-order valence-electron chi connectivity index (χ1n) is 5.86. The first kappa shape index (κ1) is 13.1. The van der Waals surface area contributed by atoms with Crippen LogP contribution in [0.3, 0.4) is 0 Å². The SMILES string of the molecule is Cl.NC1COCc2ccc(-c3ccccc3)cc21. The molecule has 1 aliphatic heterocycles. The summed E-state index contributed by atoms with van der Waals surface area (Å²) in [6.07, 6.45) is 0. The molecule has 1 heterocycles. The molecule has 0 aliphatic carbocycles. The highest BCUT2D eigenvalue weighted by Crippen LogP contribution is 2.28. The van der Waals surface area contributed by atoms with Crippen molar-refractivity contribution in [3.63, 3.8) is 0 Å². The number of ether oxygens (including phenoxy) is 1. The van der Waals surface area contributed by atoms with Gasteiger partial charge < -0.3 is 10.5 Å². The van der Waals surface area contributed by atoms with Crippen LogP contribution in [0.5, 0.6) is 0 Å². The van der Waals surface area contributed by atoms with Gasteiger partial charge in [0.2, 0.25) is 0 Å². The van der Waals surface area contributed by atoms with Crippen molar-refractivity contribution >= 4 is 12.4 Å². The molecule has 1 aliphatic rings. The van der Waals surface area contributed by atoms with E-state index in [0.29, 0.717) is 13.2 Å². The first-order chi connectivity index (χ1) is 8.34. The largest absolute Gasteiger partial charge is 0.375 e. The molecule has 2 nitrogen and oxygen atoms in total. The Kier molecular flexibility index (Phi) is 4.02. The molecule has 0 bridgehead atoms. The highest BCUT2D eigenvalue weighted by Gasteiger charge is 2.17. The molecule has 18 heavy (non-hydrogen) atoms. The summed E-state index contributed by atoms with van der Waals surface area (Å²) in [5.74, 6) is 0. The van der Waals surface area contributed by atoms with Crippen molar-refractivity contribution < 1.29 is 4.74 Å². The van der Waals surface area contributed by atoms with Gasteiger partial charge in [-0.1, -0.05) is 42.5 Å². The molecule has 0 spiro atoms. The Morgan fingerprint density at radius 3 is 2.56 bits per heavy atom. The molecule has 1 atom stereocenters. The molecule has 3 heteroatoms. The van der Waals surface area contributed by atoms with Gasteiger partial charge in [0.05, 0.1) is 19.3 Å². The quantitative estimate of drug-likeness (QED) is 0.855. The van der Waals surface area contributed by atoms with Gasteiger partial charge in [-0.3, -0.25) is 0 Å². The molecule has 0 saturated heterocycles. The van der Waals surface area contributed by atoms with Gasteiger partial charge >= 0.3 is 0 Å². The normalized spacial score (nSPS) is 17.7. The molecule has 2 aromatic rings. The Morgan fingerprint density at radius 1 is 1.00 bits per heavy atom. The van der Waals surface area contributed by atoms with Gasteiger partial charge in [0, 0.05) is 0 Å². The average Bonchev–Trinajstić information content (AvgIpc) is 2.40. The van der Waals surface area contributed by atoms with Crippen molar-refractivity contribution in [1.82, 2.24) is 0 Å². The molecule has 0 aromatic heterocycles. The minimum absolute atomic E-state index is 0. The Labute approximate surface area is 113 Å². The van der Waals surface area contributed by atoms with Gasteiger partial charge in [-0.2, -0.15) is 0 Å². The third-order valence-corrected chi connectivity index (χ3v) is 3.21. The Morgan fingerprint density at radius 2 is 1.78 bits per heavy atom. The van der Waals surface area contributed by atoms with E-state index in [1.807, 2.05) is 6.07 Å². The predicted octanol–water partition coefficient (Wildman–Crippen LogP) is 3.31. The van der Waals surface area contributed by atoms with E-state index in [9.17, 15) is 0 Å². The van der Waals surface area contributed by atoms with E-state index in [1.165, 1.54) is 22.3 Å². The summed E-state index contributed by atoms with van der Waals surface area (Å²) in [4.78, 5) is 0. The van der Waals surface area contributed by atoms with Crippen LogP contribution >= 0.6 is 12.4 Å². The lowest BCUT2D eigenvalue weighted by atomic mass is 9.94. The number of hydrogen-bond acceptors (Lipinski definition) is 2. The van der Waals surface area contributed by atoms with Crippen molar-refractivity contribution in [2.45, 2.75) is 12.6 Å². The van der Waals surface area contributed by atoms with Gasteiger partial charge in [0.1, 0.15) is 0 Å². The van der Waals surface area contributed by atoms with Crippen LogP contribution in [0.1, 0.15) is 17.2 Å². The van der Waals surface area contributed by atoms with Crippen LogP contribution in [-0.4, -0.2) is 6.61 Å². The predicted molar refractivity (Wildman–Crippen MR) is 75.7 cm³/mol. The summed E-state index contributed by atoms with van der Waals surface area (Å²) >= 11 is 0. The maximum absolute atomic E-state index is 6.07. The van der Waals surface area contributed by atoms with Crippen LogP contribution in [0.2, 0.25) is 0 Å². The highest BCUT2D eigenvalue weighted by molar-refractivity contribution is 5.85. The minimum atomic E-state index is 0. The fourth-order valence-corrected chi connectivity index (χ4v) is 2.27. The van der Waals surface area contributed by atoms with E-state index in [1.54, 1.807) is 0 Å². The lowest BCUT2D eigenvalue weighted by molar-refractivity contribution is 0.0924. The number of fused-ring (bicyclic) bond motifs is 1. The molecule has 2 aromatic carbocycles. The van der Waals surface area contributed by atoms with Crippen LogP contribution in [-0.2, 0) is 11.3 Å². The number of halogens is 1. The molecular weight excluding hydrogens is 246 g/mol. The van der Waals surface area contributed by atoms with Gasteiger partial charge in [-0.15, -0.1) is 12.4 Å². The lowest BCUT2D eigenvalue weighted by Gasteiger charge is -2.23. The van der Waals surface area contributed by atoms with Gasteiger partial charge in [-0.05, 0) is 28.3 Å². The van der Waals surface area contributed by atoms with E-state index in [2.05, 4.69) is 42.5 Å². The minimum Gasteiger partial charge on any atom is -0.375 e. The summed E-state index contributed by atoms with van der Waals surface area (Å²) in [5.41, 5.74) is 11.0. The Bertz CT molecular complexity index is 527. The maximum Gasteiger partial charge on any atom is 0.0721 e. The number of hydrogen-bond donors (Lipinski definition) is 1. The van der Waals surface area contributed by atoms with E-state index in [4.69, 9.17) is 10.5 Å². The summed E-state index contributed by atoms with van der Waals surface area (Å²) < 4.78 is 5.43. The molecule has 1 unspecified atom stereocenters. The standard InChI is InChI=1S/C15H15NO.ClH/c16-15-10-17-9-13-7-6-12(8-14(13)15)11-4-2-1-3-5-11;/h1-8,15H,9-10,16H2;1H. The monoisotopic (exact) mass is 261 g/mol. The fourth-order valence-electron chi connectivity index (χ4n) is 2.27. The zero-order valence-corrected chi connectivity index (χ0v) is 10.8. The van der Waals surface area contributed by atoms with Crippen LogP contribution in [0, 0.1) is 0 Å². The van der Waals surface area contributed by atoms with Crippen molar-refractivity contribution in [1.29, 1.82) is 0 Å². The molecule has 0 radical (unpaired) electrons. The van der Waals surface area contributed by atoms with Crippen molar-refractivity contribution in [2.75, 3.05) is 6.61 Å². The Balaban J connectivity index is 0.00000120. The van der Waals surface area contributed by atoms with Gasteiger partial charge in [0.25, 0.3) is 0 Å². The van der Waals surface area contributed by atoms with E-state index in [-0.39, 0.29) is 18.4 Å². The van der Waals surface area contributed by atoms with Crippen LogP contribution in [0.15, 0.2) is 48.5 Å². The van der Waals surface area contributed by atoms with Gasteiger partial charge in [-0.25, -0.2) is 0 Å². The van der Waals surface area contributed by atoms with Crippen LogP contribution < -0.4 is 5.73 Å². The second kappa shape index (κ2) is 5.53. The van der Waals surface area contributed by atoms with E-state index < -0.39 is 0 Å². The molecular formula is C15H16ClNO. The third-order valence-electron chi connectivity index (χ3n) is 3.21. The lowest BCUT2D eigenvalue weighted by Crippen LogP contribution is -2.23. The number of nitrogens with two attached hydrogens (primary N) is 1. The average molecular weight is 262 g/mol. The van der Waals surface area contributed by atoms with Crippen molar-refractivity contribution in [3.8, 4) is 11.1 Å². The second-order valence-corrected chi connectivity index (χ2v) is 4.40. The number of rotatable bonds is 1.